The maximum absolute atomic E-state index is 14.1. The Morgan fingerprint density at radius 1 is 1.40 bits per heavy atom. The summed E-state index contributed by atoms with van der Waals surface area (Å²) in [6, 6.07) is 3.88. The van der Waals surface area contributed by atoms with Crippen LogP contribution in [0.5, 0.6) is 0 Å². The zero-order chi connectivity index (χ0) is 14.9. The first-order valence-electron chi connectivity index (χ1n) is 6.49. The normalized spacial score (nSPS) is 22.6. The molecule has 1 aliphatic rings. The smallest absolute Gasteiger partial charge is 0.335 e. The summed E-state index contributed by atoms with van der Waals surface area (Å²) in [5, 5.41) is 8.84. The van der Waals surface area contributed by atoms with Crippen LogP contribution < -0.4 is 10.6 Å². The summed E-state index contributed by atoms with van der Waals surface area (Å²) in [4.78, 5) is 23.9. The van der Waals surface area contributed by atoms with Crippen LogP contribution in [0.1, 0.15) is 30.1 Å². The Balaban J connectivity index is 2.29. The monoisotopic (exact) mass is 280 g/mol. The number of rotatable bonds is 3. The van der Waals surface area contributed by atoms with E-state index in [1.807, 2.05) is 6.92 Å². The number of anilines is 1. The maximum Gasteiger partial charge on any atom is 0.335 e. The van der Waals surface area contributed by atoms with Crippen LogP contribution in [-0.4, -0.2) is 29.6 Å². The Labute approximate surface area is 116 Å². The SMILES string of the molecule is CC1CCC(C(N)=O)CN1c1ccc(C(=O)O)cc1F. The second-order valence-corrected chi connectivity index (χ2v) is 5.15. The minimum absolute atomic E-state index is 0.0794. The lowest BCUT2D eigenvalue weighted by molar-refractivity contribution is -0.122. The van der Waals surface area contributed by atoms with Crippen molar-refractivity contribution >= 4 is 17.6 Å². The molecular formula is C14H17FN2O3. The van der Waals surface area contributed by atoms with Gasteiger partial charge >= 0.3 is 5.97 Å². The highest BCUT2D eigenvalue weighted by atomic mass is 19.1. The molecule has 1 fully saturated rings. The van der Waals surface area contributed by atoms with E-state index in [0.717, 1.165) is 12.5 Å². The molecule has 1 amide bonds. The van der Waals surface area contributed by atoms with Crippen LogP contribution in [0.3, 0.4) is 0 Å². The molecule has 2 atom stereocenters. The number of nitrogens with zero attached hydrogens (tertiary/aromatic N) is 1. The van der Waals surface area contributed by atoms with Crippen molar-refractivity contribution in [3.63, 3.8) is 0 Å². The molecule has 0 saturated carbocycles. The molecular weight excluding hydrogens is 263 g/mol. The molecule has 3 N–H and O–H groups in total. The lowest BCUT2D eigenvalue weighted by atomic mass is 9.92. The minimum Gasteiger partial charge on any atom is -0.478 e. The van der Waals surface area contributed by atoms with Gasteiger partial charge in [-0.15, -0.1) is 0 Å². The fourth-order valence-electron chi connectivity index (χ4n) is 2.55. The van der Waals surface area contributed by atoms with Crippen LogP contribution in [-0.2, 0) is 4.79 Å². The molecule has 0 aromatic heterocycles. The highest BCUT2D eigenvalue weighted by Gasteiger charge is 2.30. The van der Waals surface area contributed by atoms with E-state index in [2.05, 4.69) is 0 Å². The van der Waals surface area contributed by atoms with E-state index in [1.165, 1.54) is 12.1 Å². The van der Waals surface area contributed by atoms with Gasteiger partial charge in [0.1, 0.15) is 5.82 Å². The van der Waals surface area contributed by atoms with Gasteiger partial charge in [-0.05, 0) is 38.0 Å². The van der Waals surface area contributed by atoms with Crippen molar-refractivity contribution < 1.29 is 19.1 Å². The Bertz CT molecular complexity index is 547. The molecule has 108 valence electrons. The van der Waals surface area contributed by atoms with E-state index in [1.54, 1.807) is 4.90 Å². The van der Waals surface area contributed by atoms with E-state index in [4.69, 9.17) is 10.8 Å². The van der Waals surface area contributed by atoms with Gasteiger partial charge < -0.3 is 15.7 Å². The standard InChI is InChI=1S/C14H17FN2O3/c1-8-2-3-10(13(16)18)7-17(8)12-5-4-9(14(19)20)6-11(12)15/h4-6,8,10H,2-3,7H2,1H3,(H2,16,18)(H,19,20). The van der Waals surface area contributed by atoms with Crippen molar-refractivity contribution in [1.82, 2.24) is 0 Å². The number of hydrogen-bond acceptors (Lipinski definition) is 3. The van der Waals surface area contributed by atoms with Crippen molar-refractivity contribution in [3.8, 4) is 0 Å². The predicted octanol–water partition coefficient (Wildman–Crippen LogP) is 1.61. The number of carbonyl (C=O) groups excluding carboxylic acids is 1. The van der Waals surface area contributed by atoms with Crippen LogP contribution in [0.4, 0.5) is 10.1 Å². The van der Waals surface area contributed by atoms with Gasteiger partial charge in [-0.25, -0.2) is 9.18 Å². The molecule has 1 aliphatic heterocycles. The van der Waals surface area contributed by atoms with Gasteiger partial charge in [-0.3, -0.25) is 4.79 Å². The summed E-state index contributed by atoms with van der Waals surface area (Å²) in [5.41, 5.74) is 5.54. The average molecular weight is 280 g/mol. The summed E-state index contributed by atoms with van der Waals surface area (Å²) in [6.07, 6.45) is 1.44. The molecule has 0 aliphatic carbocycles. The first kappa shape index (κ1) is 14.3. The van der Waals surface area contributed by atoms with E-state index in [9.17, 15) is 14.0 Å². The number of carboxylic acid groups (broad SMARTS) is 1. The third-order valence-electron chi connectivity index (χ3n) is 3.79. The zero-order valence-electron chi connectivity index (χ0n) is 11.2. The number of amides is 1. The van der Waals surface area contributed by atoms with E-state index in [0.29, 0.717) is 18.7 Å². The molecule has 0 radical (unpaired) electrons. The summed E-state index contributed by atoms with van der Waals surface area (Å²) in [6.45, 7) is 2.31. The highest BCUT2D eigenvalue weighted by Crippen LogP contribution is 2.30. The molecule has 1 saturated heterocycles. The van der Waals surface area contributed by atoms with E-state index < -0.39 is 11.8 Å². The lowest BCUT2D eigenvalue weighted by Crippen LogP contribution is -2.46. The quantitative estimate of drug-likeness (QED) is 0.881. The van der Waals surface area contributed by atoms with Crippen molar-refractivity contribution in [1.29, 1.82) is 0 Å². The number of carbonyl (C=O) groups is 2. The maximum atomic E-state index is 14.1. The summed E-state index contributed by atoms with van der Waals surface area (Å²) in [5.74, 6) is -2.45. The van der Waals surface area contributed by atoms with Gasteiger partial charge in [-0.2, -0.15) is 0 Å². The van der Waals surface area contributed by atoms with Crippen LogP contribution >= 0.6 is 0 Å². The summed E-state index contributed by atoms with van der Waals surface area (Å²) >= 11 is 0. The number of carboxylic acids is 1. The fraction of sp³-hybridized carbons (Fsp3) is 0.429. The number of nitrogens with two attached hydrogens (primary N) is 1. The lowest BCUT2D eigenvalue weighted by Gasteiger charge is -2.38. The molecule has 0 spiro atoms. The Kier molecular flexibility index (Phi) is 3.92. The molecule has 5 nitrogen and oxygen atoms in total. The van der Waals surface area contributed by atoms with Gasteiger partial charge in [0.25, 0.3) is 0 Å². The van der Waals surface area contributed by atoms with Crippen molar-refractivity contribution in [2.24, 2.45) is 11.7 Å². The first-order valence-corrected chi connectivity index (χ1v) is 6.49. The number of primary amides is 1. The topological polar surface area (TPSA) is 83.6 Å². The third kappa shape index (κ3) is 2.74. The van der Waals surface area contributed by atoms with Crippen molar-refractivity contribution in [3.05, 3.63) is 29.6 Å². The van der Waals surface area contributed by atoms with Crippen molar-refractivity contribution in [2.75, 3.05) is 11.4 Å². The molecule has 6 heteroatoms. The number of benzene rings is 1. The first-order chi connectivity index (χ1) is 9.40. The number of aromatic carboxylic acids is 1. The largest absolute Gasteiger partial charge is 0.478 e. The third-order valence-corrected chi connectivity index (χ3v) is 3.79. The van der Waals surface area contributed by atoms with Crippen molar-refractivity contribution in [2.45, 2.75) is 25.8 Å². The van der Waals surface area contributed by atoms with Gasteiger partial charge in [0.2, 0.25) is 5.91 Å². The Morgan fingerprint density at radius 2 is 2.10 bits per heavy atom. The second-order valence-electron chi connectivity index (χ2n) is 5.15. The van der Waals surface area contributed by atoms with Crippen LogP contribution in [0.15, 0.2) is 18.2 Å². The van der Waals surface area contributed by atoms with Gasteiger partial charge in [0.05, 0.1) is 17.2 Å². The van der Waals surface area contributed by atoms with E-state index in [-0.39, 0.29) is 23.4 Å². The molecule has 2 rings (SSSR count). The van der Waals surface area contributed by atoms with E-state index >= 15 is 0 Å². The zero-order valence-corrected chi connectivity index (χ0v) is 11.2. The number of hydrogen-bond donors (Lipinski definition) is 2. The van der Waals surface area contributed by atoms with Crippen LogP contribution in [0.25, 0.3) is 0 Å². The fourth-order valence-corrected chi connectivity index (χ4v) is 2.55. The second kappa shape index (κ2) is 5.48. The molecule has 0 bridgehead atoms. The molecule has 1 aromatic carbocycles. The average Bonchev–Trinajstić information content (AvgIpc) is 2.39. The Hall–Kier alpha value is -2.11. The number of halogens is 1. The predicted molar refractivity (Wildman–Crippen MR) is 72.1 cm³/mol. The minimum atomic E-state index is -1.17. The molecule has 20 heavy (non-hydrogen) atoms. The van der Waals surface area contributed by atoms with Crippen LogP contribution in [0, 0.1) is 11.7 Å². The molecule has 1 aromatic rings. The summed E-state index contributed by atoms with van der Waals surface area (Å²) in [7, 11) is 0. The highest BCUT2D eigenvalue weighted by molar-refractivity contribution is 5.88. The van der Waals surface area contributed by atoms with Crippen LogP contribution in [0.2, 0.25) is 0 Å². The van der Waals surface area contributed by atoms with Gasteiger partial charge in [-0.1, -0.05) is 0 Å². The summed E-state index contributed by atoms with van der Waals surface area (Å²) < 4.78 is 14.1. The van der Waals surface area contributed by atoms with Gasteiger partial charge in [0, 0.05) is 12.6 Å². The molecule has 1 heterocycles. The number of piperidine rings is 1. The van der Waals surface area contributed by atoms with Gasteiger partial charge in [0.15, 0.2) is 0 Å². The Morgan fingerprint density at radius 3 is 2.65 bits per heavy atom. The molecule has 2 unspecified atom stereocenters.